The minimum absolute atomic E-state index is 0.174. The minimum atomic E-state index is -3.32. The lowest BCUT2D eigenvalue weighted by Gasteiger charge is -2.39. The number of carbonyl (C=O) groups is 1. The number of carbonyl (C=O) groups excluding carboxylic acids is 1. The number of sulfonamides is 1. The SMILES string of the molecule is COc1ccccc1C(=O)n1nc(C2CN(S(=O)(=O)C3CCCCC3)C2)nc1NCc1ccc(Cl)s1. The Hall–Kier alpha value is -2.47. The standard InChI is InChI=1S/C24H28ClN5O4S2/c1-34-20-10-6-5-9-19(20)23(31)30-24(26-13-17-11-12-21(25)35-17)27-22(28-30)16-14-29(15-16)36(32,33)18-7-3-2-4-8-18/h5-6,9-12,16,18H,2-4,7-8,13-15H2,1H3,(H,26,27,28). The van der Waals surface area contributed by atoms with Gasteiger partial charge in [-0.15, -0.1) is 16.4 Å². The van der Waals surface area contributed by atoms with Gasteiger partial charge in [0.1, 0.15) is 5.75 Å². The molecular weight excluding hydrogens is 522 g/mol. The van der Waals surface area contributed by atoms with Crippen molar-refractivity contribution < 1.29 is 17.9 Å². The summed E-state index contributed by atoms with van der Waals surface area (Å²) in [5.74, 6) is 0.610. The molecule has 0 radical (unpaired) electrons. The number of rotatable bonds is 8. The zero-order chi connectivity index (χ0) is 25.3. The van der Waals surface area contributed by atoms with Gasteiger partial charge >= 0.3 is 0 Å². The summed E-state index contributed by atoms with van der Waals surface area (Å²) in [6, 6.07) is 10.7. The van der Waals surface area contributed by atoms with E-state index in [1.165, 1.54) is 27.4 Å². The molecule has 0 bridgehead atoms. The molecule has 0 spiro atoms. The molecule has 0 unspecified atom stereocenters. The van der Waals surface area contributed by atoms with Gasteiger partial charge in [0.2, 0.25) is 16.0 Å². The second-order valence-electron chi connectivity index (χ2n) is 9.09. The number of halogens is 1. The summed E-state index contributed by atoms with van der Waals surface area (Å²) in [6.45, 7) is 1.07. The molecule has 1 N–H and O–H groups in total. The van der Waals surface area contributed by atoms with Crippen LogP contribution < -0.4 is 10.1 Å². The van der Waals surface area contributed by atoms with Crippen LogP contribution >= 0.6 is 22.9 Å². The van der Waals surface area contributed by atoms with Gasteiger partial charge in [0.15, 0.2) is 5.82 Å². The van der Waals surface area contributed by atoms with Gasteiger partial charge < -0.3 is 10.1 Å². The summed E-state index contributed by atoms with van der Waals surface area (Å²) in [6.07, 6.45) is 4.48. The van der Waals surface area contributed by atoms with Crippen molar-refractivity contribution >= 4 is 44.8 Å². The molecule has 9 nitrogen and oxygen atoms in total. The molecule has 3 aromatic rings. The Bertz CT molecular complexity index is 1340. The average Bonchev–Trinajstić information content (AvgIpc) is 3.47. The van der Waals surface area contributed by atoms with E-state index in [1.807, 2.05) is 12.1 Å². The predicted molar refractivity (Wildman–Crippen MR) is 140 cm³/mol. The van der Waals surface area contributed by atoms with Gasteiger partial charge in [-0.1, -0.05) is 43.0 Å². The number of para-hydroxylation sites is 1. The van der Waals surface area contributed by atoms with Crippen LogP contribution in [0.5, 0.6) is 5.75 Å². The number of hydrogen-bond acceptors (Lipinski definition) is 8. The Kier molecular flexibility index (Phi) is 7.34. The summed E-state index contributed by atoms with van der Waals surface area (Å²) < 4.78 is 34.9. The number of aromatic nitrogens is 3. The Labute approximate surface area is 219 Å². The normalized spacial score (nSPS) is 17.6. The molecule has 0 atom stereocenters. The fourth-order valence-electron chi connectivity index (χ4n) is 4.69. The molecule has 1 aromatic carbocycles. The van der Waals surface area contributed by atoms with E-state index >= 15 is 0 Å². The number of methoxy groups -OCH3 is 1. The van der Waals surface area contributed by atoms with Crippen molar-refractivity contribution in [3.05, 3.63) is 57.0 Å². The average molecular weight is 550 g/mol. The number of benzene rings is 1. The van der Waals surface area contributed by atoms with Crippen molar-refractivity contribution in [2.24, 2.45) is 0 Å². The van der Waals surface area contributed by atoms with Crippen LogP contribution in [-0.2, 0) is 16.6 Å². The topological polar surface area (TPSA) is 106 Å². The highest BCUT2D eigenvalue weighted by Gasteiger charge is 2.43. The smallest absolute Gasteiger partial charge is 0.285 e. The van der Waals surface area contributed by atoms with Crippen molar-refractivity contribution in [2.45, 2.75) is 49.8 Å². The van der Waals surface area contributed by atoms with Gasteiger partial charge in [0.05, 0.1) is 28.8 Å². The first-order chi connectivity index (χ1) is 17.4. The molecule has 1 aliphatic carbocycles. The number of ether oxygens (including phenoxy) is 1. The van der Waals surface area contributed by atoms with Gasteiger partial charge in [0, 0.05) is 23.9 Å². The fraction of sp³-hybridized carbons (Fsp3) is 0.458. The lowest BCUT2D eigenvalue weighted by molar-refractivity contribution is 0.0943. The maximum absolute atomic E-state index is 13.5. The van der Waals surface area contributed by atoms with E-state index in [0.717, 1.165) is 37.0 Å². The van der Waals surface area contributed by atoms with Gasteiger partial charge in [-0.05, 0) is 37.1 Å². The summed E-state index contributed by atoms with van der Waals surface area (Å²) in [4.78, 5) is 19.0. The third kappa shape index (κ3) is 5.02. The van der Waals surface area contributed by atoms with Gasteiger partial charge in [-0.25, -0.2) is 12.7 Å². The van der Waals surface area contributed by atoms with Crippen LogP contribution in [0.2, 0.25) is 4.34 Å². The molecule has 2 aromatic heterocycles. The van der Waals surface area contributed by atoms with E-state index < -0.39 is 10.0 Å². The van der Waals surface area contributed by atoms with Crippen molar-refractivity contribution in [2.75, 3.05) is 25.5 Å². The van der Waals surface area contributed by atoms with Crippen LogP contribution in [0.25, 0.3) is 0 Å². The molecule has 192 valence electrons. The summed E-state index contributed by atoms with van der Waals surface area (Å²) in [5, 5.41) is 7.43. The van der Waals surface area contributed by atoms with Crippen LogP contribution in [-0.4, -0.2) is 58.8 Å². The van der Waals surface area contributed by atoms with Crippen LogP contribution in [0.1, 0.15) is 59.1 Å². The first kappa shape index (κ1) is 25.2. The maximum atomic E-state index is 13.5. The molecule has 36 heavy (non-hydrogen) atoms. The molecule has 0 amide bonds. The molecule has 2 fully saturated rings. The van der Waals surface area contributed by atoms with Crippen molar-refractivity contribution in [3.63, 3.8) is 0 Å². The van der Waals surface area contributed by atoms with Crippen molar-refractivity contribution in [1.29, 1.82) is 0 Å². The molecule has 5 rings (SSSR count). The highest BCUT2D eigenvalue weighted by molar-refractivity contribution is 7.89. The zero-order valence-corrected chi connectivity index (χ0v) is 22.3. The number of thiophene rings is 1. The molecular formula is C24H28ClN5O4S2. The number of anilines is 1. The lowest BCUT2D eigenvalue weighted by Crippen LogP contribution is -2.52. The Morgan fingerprint density at radius 1 is 1.17 bits per heavy atom. The summed E-state index contributed by atoms with van der Waals surface area (Å²) >= 11 is 7.49. The molecule has 1 aliphatic heterocycles. The Balaban J connectivity index is 1.37. The quantitative estimate of drug-likeness (QED) is 0.445. The van der Waals surface area contributed by atoms with Crippen LogP contribution in [0.3, 0.4) is 0 Å². The summed E-state index contributed by atoms with van der Waals surface area (Å²) in [7, 11) is -1.81. The van der Waals surface area contributed by atoms with Gasteiger partial charge in [0.25, 0.3) is 5.91 Å². The zero-order valence-electron chi connectivity index (χ0n) is 19.9. The number of hydrogen-bond donors (Lipinski definition) is 1. The largest absolute Gasteiger partial charge is 0.496 e. The second kappa shape index (κ2) is 10.5. The lowest BCUT2D eigenvalue weighted by atomic mass is 10.0. The number of nitrogens with zero attached hydrogens (tertiary/aromatic N) is 4. The predicted octanol–water partition coefficient (Wildman–Crippen LogP) is 4.36. The first-order valence-electron chi connectivity index (χ1n) is 12.0. The van der Waals surface area contributed by atoms with Crippen molar-refractivity contribution in [1.82, 2.24) is 19.1 Å². The van der Waals surface area contributed by atoms with E-state index in [2.05, 4.69) is 15.4 Å². The van der Waals surface area contributed by atoms with E-state index in [0.29, 0.717) is 47.1 Å². The molecule has 3 heterocycles. The molecule has 12 heteroatoms. The van der Waals surface area contributed by atoms with Crippen LogP contribution in [0.4, 0.5) is 5.95 Å². The maximum Gasteiger partial charge on any atom is 0.285 e. The second-order valence-corrected chi connectivity index (χ2v) is 13.1. The molecule has 2 aliphatic rings. The third-order valence-electron chi connectivity index (χ3n) is 6.75. The monoisotopic (exact) mass is 549 g/mol. The summed E-state index contributed by atoms with van der Waals surface area (Å²) in [5.41, 5.74) is 0.355. The van der Waals surface area contributed by atoms with Crippen LogP contribution in [0, 0.1) is 0 Å². The van der Waals surface area contributed by atoms with E-state index in [1.54, 1.807) is 24.3 Å². The Morgan fingerprint density at radius 3 is 2.61 bits per heavy atom. The Morgan fingerprint density at radius 2 is 1.92 bits per heavy atom. The van der Waals surface area contributed by atoms with E-state index in [-0.39, 0.29) is 17.1 Å². The minimum Gasteiger partial charge on any atom is -0.496 e. The van der Waals surface area contributed by atoms with Crippen molar-refractivity contribution in [3.8, 4) is 5.75 Å². The van der Waals surface area contributed by atoms with Crippen LogP contribution in [0.15, 0.2) is 36.4 Å². The number of nitrogens with one attached hydrogen (secondary N) is 1. The van der Waals surface area contributed by atoms with E-state index in [9.17, 15) is 13.2 Å². The third-order valence-corrected chi connectivity index (χ3v) is 10.3. The van der Waals surface area contributed by atoms with E-state index in [4.69, 9.17) is 16.3 Å². The molecule has 1 saturated heterocycles. The highest BCUT2D eigenvalue weighted by Crippen LogP contribution is 2.34. The fourth-order valence-corrected chi connectivity index (χ4v) is 7.84. The highest BCUT2D eigenvalue weighted by atomic mass is 35.5. The first-order valence-corrected chi connectivity index (χ1v) is 14.7. The van der Waals surface area contributed by atoms with Gasteiger partial charge in [-0.2, -0.15) is 9.67 Å². The molecule has 1 saturated carbocycles. The van der Waals surface area contributed by atoms with Gasteiger partial charge in [-0.3, -0.25) is 4.79 Å².